The molecule has 0 aromatic carbocycles. The molecule has 1 fully saturated rings. The average Bonchev–Trinajstić information content (AvgIpc) is 2.72. The lowest BCUT2D eigenvalue weighted by Gasteiger charge is -2.36. The van der Waals surface area contributed by atoms with Gasteiger partial charge in [-0.1, -0.05) is 47.5 Å². The third kappa shape index (κ3) is 2.74. The van der Waals surface area contributed by atoms with Crippen LogP contribution < -0.4 is 0 Å². The second-order valence-electron chi connectivity index (χ2n) is 7.57. The van der Waals surface area contributed by atoms with Crippen molar-refractivity contribution in [3.05, 3.63) is 17.3 Å². The first-order valence-corrected chi connectivity index (χ1v) is 7.37. The van der Waals surface area contributed by atoms with Crippen molar-refractivity contribution in [2.24, 2.45) is 5.41 Å². The Kier molecular flexibility index (Phi) is 3.69. The van der Waals surface area contributed by atoms with Gasteiger partial charge in [0.15, 0.2) is 5.89 Å². The van der Waals surface area contributed by atoms with Crippen LogP contribution in [0, 0.1) is 5.41 Å². The van der Waals surface area contributed by atoms with Crippen LogP contribution in [0.25, 0.3) is 0 Å². The highest BCUT2D eigenvalue weighted by Gasteiger charge is 2.39. The second-order valence-corrected chi connectivity index (χ2v) is 7.57. The van der Waals surface area contributed by atoms with E-state index < -0.39 is 5.97 Å². The Morgan fingerprint density at radius 3 is 2.45 bits per heavy atom. The first kappa shape index (κ1) is 15.1. The number of hydrogen-bond acceptors (Lipinski definition) is 3. The highest BCUT2D eigenvalue weighted by atomic mass is 16.4. The number of carboxylic acids is 1. The maximum atomic E-state index is 11.4. The van der Waals surface area contributed by atoms with Gasteiger partial charge in [0, 0.05) is 11.3 Å². The maximum absolute atomic E-state index is 11.4. The Morgan fingerprint density at radius 1 is 1.35 bits per heavy atom. The predicted molar refractivity (Wildman–Crippen MR) is 77.2 cm³/mol. The lowest BCUT2D eigenvalue weighted by molar-refractivity contribution is 0.0651. The number of rotatable bonds is 2. The summed E-state index contributed by atoms with van der Waals surface area (Å²) < 4.78 is 5.67. The molecule has 0 spiro atoms. The summed E-state index contributed by atoms with van der Waals surface area (Å²) in [6.07, 6.45) is 4.54. The van der Waals surface area contributed by atoms with Crippen LogP contribution >= 0.6 is 0 Å². The van der Waals surface area contributed by atoms with E-state index in [9.17, 15) is 9.90 Å². The van der Waals surface area contributed by atoms with Crippen LogP contribution in [0.15, 0.2) is 4.42 Å². The summed E-state index contributed by atoms with van der Waals surface area (Å²) in [5, 5.41) is 9.34. The van der Waals surface area contributed by atoms with E-state index in [1.807, 2.05) is 20.8 Å². The molecule has 4 nitrogen and oxygen atoms in total. The van der Waals surface area contributed by atoms with E-state index in [2.05, 4.69) is 18.8 Å². The standard InChI is InChI=1S/C16H25NO3/c1-15(2,3)12-11(14(18)19)20-13(17-12)10-8-6-7-9-16(10,4)5/h10H,6-9H2,1-5H3,(H,18,19). The minimum absolute atomic E-state index is 0.00822. The monoisotopic (exact) mass is 279 g/mol. The van der Waals surface area contributed by atoms with Crippen LogP contribution in [0.3, 0.4) is 0 Å². The summed E-state index contributed by atoms with van der Waals surface area (Å²) >= 11 is 0. The van der Waals surface area contributed by atoms with E-state index in [1.54, 1.807) is 0 Å². The fraction of sp³-hybridized carbons (Fsp3) is 0.750. The summed E-state index contributed by atoms with van der Waals surface area (Å²) in [6, 6.07) is 0. The smallest absolute Gasteiger partial charge is 0.373 e. The predicted octanol–water partition coefficient (Wildman–Crippen LogP) is 4.35. The molecular formula is C16H25NO3. The molecule has 0 amide bonds. The molecule has 2 rings (SSSR count). The third-order valence-electron chi connectivity index (χ3n) is 4.35. The summed E-state index contributed by atoms with van der Waals surface area (Å²) in [5.41, 5.74) is 0.351. The fourth-order valence-electron chi connectivity index (χ4n) is 3.09. The van der Waals surface area contributed by atoms with Gasteiger partial charge in [-0.2, -0.15) is 0 Å². The first-order chi connectivity index (χ1) is 9.13. The second kappa shape index (κ2) is 4.90. The normalized spacial score (nSPS) is 22.8. The van der Waals surface area contributed by atoms with E-state index >= 15 is 0 Å². The molecule has 1 aromatic rings. The summed E-state index contributed by atoms with van der Waals surface area (Å²) in [5.74, 6) is -0.196. The molecule has 20 heavy (non-hydrogen) atoms. The number of aromatic carboxylic acids is 1. The molecule has 1 aromatic heterocycles. The number of hydrogen-bond donors (Lipinski definition) is 1. The van der Waals surface area contributed by atoms with Gasteiger partial charge in [-0.15, -0.1) is 0 Å². The average molecular weight is 279 g/mol. The van der Waals surface area contributed by atoms with Gasteiger partial charge in [0.2, 0.25) is 5.76 Å². The zero-order valence-electron chi connectivity index (χ0n) is 13.1. The lowest BCUT2D eigenvalue weighted by atomic mass is 9.69. The molecule has 4 heteroatoms. The fourth-order valence-corrected chi connectivity index (χ4v) is 3.09. The topological polar surface area (TPSA) is 63.3 Å². The van der Waals surface area contributed by atoms with Crippen LogP contribution in [0.5, 0.6) is 0 Å². The molecule has 0 saturated heterocycles. The van der Waals surface area contributed by atoms with Crippen LogP contribution in [0.4, 0.5) is 0 Å². The van der Waals surface area contributed by atoms with Crippen molar-refractivity contribution >= 4 is 5.97 Å². The van der Waals surface area contributed by atoms with Crippen LogP contribution in [0.2, 0.25) is 0 Å². The molecule has 1 saturated carbocycles. The molecule has 1 N–H and O–H groups in total. The number of aromatic nitrogens is 1. The van der Waals surface area contributed by atoms with Crippen LogP contribution in [-0.2, 0) is 5.41 Å². The van der Waals surface area contributed by atoms with Gasteiger partial charge in [-0.25, -0.2) is 9.78 Å². The number of carbonyl (C=O) groups is 1. The SMILES string of the molecule is CC(C)(C)c1nc(C2CCCCC2(C)C)oc1C(=O)O. The highest BCUT2D eigenvalue weighted by molar-refractivity contribution is 5.86. The van der Waals surface area contributed by atoms with Gasteiger partial charge >= 0.3 is 5.97 Å². The van der Waals surface area contributed by atoms with Crippen molar-refractivity contribution in [1.82, 2.24) is 4.98 Å². The zero-order chi connectivity index (χ0) is 15.1. The summed E-state index contributed by atoms with van der Waals surface area (Å²) in [4.78, 5) is 16.0. The number of carboxylic acid groups (broad SMARTS) is 1. The minimum atomic E-state index is -1.03. The minimum Gasteiger partial charge on any atom is -0.475 e. The Hall–Kier alpha value is -1.32. The van der Waals surface area contributed by atoms with E-state index in [1.165, 1.54) is 6.42 Å². The van der Waals surface area contributed by atoms with E-state index in [0.29, 0.717) is 11.6 Å². The molecule has 1 aliphatic rings. The molecule has 1 atom stereocenters. The van der Waals surface area contributed by atoms with Gasteiger partial charge in [-0.05, 0) is 18.3 Å². The van der Waals surface area contributed by atoms with Gasteiger partial charge in [0.1, 0.15) is 0 Å². The Morgan fingerprint density at radius 2 is 2.00 bits per heavy atom. The van der Waals surface area contributed by atoms with Crippen molar-refractivity contribution in [3.63, 3.8) is 0 Å². The Labute approximate surface area is 120 Å². The van der Waals surface area contributed by atoms with Gasteiger partial charge in [0.25, 0.3) is 0 Å². The molecule has 1 heterocycles. The maximum Gasteiger partial charge on any atom is 0.373 e. The van der Waals surface area contributed by atoms with Crippen molar-refractivity contribution in [3.8, 4) is 0 Å². The summed E-state index contributed by atoms with van der Waals surface area (Å²) in [7, 11) is 0. The molecule has 1 aliphatic carbocycles. The molecule has 112 valence electrons. The van der Waals surface area contributed by atoms with Crippen molar-refractivity contribution < 1.29 is 14.3 Å². The van der Waals surface area contributed by atoms with Crippen molar-refractivity contribution in [1.29, 1.82) is 0 Å². The Bertz CT molecular complexity index is 508. The molecule has 0 aliphatic heterocycles. The number of nitrogens with zero attached hydrogens (tertiary/aromatic N) is 1. The van der Waals surface area contributed by atoms with Gasteiger partial charge < -0.3 is 9.52 Å². The van der Waals surface area contributed by atoms with E-state index in [-0.39, 0.29) is 22.5 Å². The van der Waals surface area contributed by atoms with Gasteiger partial charge in [-0.3, -0.25) is 0 Å². The lowest BCUT2D eigenvalue weighted by Crippen LogP contribution is -2.26. The quantitative estimate of drug-likeness (QED) is 0.874. The first-order valence-electron chi connectivity index (χ1n) is 7.37. The van der Waals surface area contributed by atoms with Crippen LogP contribution in [0.1, 0.15) is 88.4 Å². The summed E-state index contributed by atoms with van der Waals surface area (Å²) in [6.45, 7) is 10.3. The number of oxazole rings is 1. The van der Waals surface area contributed by atoms with Gasteiger partial charge in [0.05, 0.1) is 5.69 Å². The zero-order valence-corrected chi connectivity index (χ0v) is 13.1. The van der Waals surface area contributed by atoms with Crippen molar-refractivity contribution in [2.45, 2.75) is 71.6 Å². The van der Waals surface area contributed by atoms with E-state index in [0.717, 1.165) is 19.3 Å². The molecular weight excluding hydrogens is 254 g/mol. The van der Waals surface area contributed by atoms with E-state index in [4.69, 9.17) is 4.42 Å². The van der Waals surface area contributed by atoms with Crippen molar-refractivity contribution in [2.75, 3.05) is 0 Å². The molecule has 0 radical (unpaired) electrons. The highest BCUT2D eigenvalue weighted by Crippen LogP contribution is 2.47. The molecule has 0 bridgehead atoms. The largest absolute Gasteiger partial charge is 0.475 e. The Balaban J connectivity index is 2.46. The third-order valence-corrected chi connectivity index (χ3v) is 4.35. The van der Waals surface area contributed by atoms with Crippen LogP contribution in [-0.4, -0.2) is 16.1 Å². The molecule has 1 unspecified atom stereocenters.